The van der Waals surface area contributed by atoms with Gasteiger partial charge in [0.15, 0.2) is 0 Å². The fraction of sp³-hybridized carbons (Fsp3) is 0.333. The predicted molar refractivity (Wildman–Crippen MR) is 161 cm³/mol. The van der Waals surface area contributed by atoms with Crippen LogP contribution in [-0.2, 0) is 32.3 Å². The molecule has 1 N–H and O–H groups in total. The van der Waals surface area contributed by atoms with Gasteiger partial charge in [0.2, 0.25) is 11.8 Å². The molecule has 0 bridgehead atoms. The van der Waals surface area contributed by atoms with Gasteiger partial charge in [-0.05, 0) is 61.7 Å². The van der Waals surface area contributed by atoms with Crippen molar-refractivity contribution in [1.29, 1.82) is 0 Å². The maximum Gasteiger partial charge on any atom is 0.417 e. The van der Waals surface area contributed by atoms with E-state index in [0.29, 0.717) is 27.4 Å². The van der Waals surface area contributed by atoms with Crippen molar-refractivity contribution in [2.24, 2.45) is 0 Å². The summed E-state index contributed by atoms with van der Waals surface area (Å²) in [6.45, 7) is 4.32. The van der Waals surface area contributed by atoms with Crippen LogP contribution < -0.4 is 9.62 Å². The third kappa shape index (κ3) is 8.43. The maximum absolute atomic E-state index is 14.1. The molecule has 2 atom stereocenters. The number of carbonyl (C=O) groups excluding carboxylic acids is 2. The molecule has 0 fully saturated rings. The van der Waals surface area contributed by atoms with Crippen molar-refractivity contribution in [2.45, 2.75) is 63.3 Å². The Morgan fingerprint density at radius 1 is 0.907 bits per heavy atom. The summed E-state index contributed by atoms with van der Waals surface area (Å²) < 4.78 is 69.6. The Kier molecular flexibility index (Phi) is 11.5. The van der Waals surface area contributed by atoms with Gasteiger partial charge in [0.05, 0.1) is 21.2 Å². The second-order valence-corrected chi connectivity index (χ2v) is 12.5. The zero-order valence-corrected chi connectivity index (χ0v) is 26.1. The Morgan fingerprint density at radius 3 is 2.12 bits per heavy atom. The molecule has 43 heavy (non-hydrogen) atoms. The SMILES string of the molecule is CC[C@H](C(=O)N[C@@H](C)CC)N(Cc1ccccc1Cl)C(=O)CN(c1ccc(Cl)c(C(F)(F)F)c1)S(=O)(=O)c1ccccc1. The van der Waals surface area contributed by atoms with Crippen LogP contribution in [0.4, 0.5) is 18.9 Å². The van der Waals surface area contributed by atoms with E-state index in [2.05, 4.69) is 5.32 Å². The minimum atomic E-state index is -4.89. The molecule has 0 heterocycles. The fourth-order valence-electron chi connectivity index (χ4n) is 4.30. The van der Waals surface area contributed by atoms with Gasteiger partial charge in [0.1, 0.15) is 12.6 Å². The maximum atomic E-state index is 14.1. The molecule has 0 aliphatic carbocycles. The number of halogens is 5. The summed E-state index contributed by atoms with van der Waals surface area (Å²) in [6.07, 6.45) is -4.10. The van der Waals surface area contributed by atoms with Crippen LogP contribution in [0.1, 0.15) is 44.7 Å². The average molecular weight is 659 g/mol. The summed E-state index contributed by atoms with van der Waals surface area (Å²) in [4.78, 5) is 28.4. The van der Waals surface area contributed by atoms with Gasteiger partial charge in [-0.15, -0.1) is 0 Å². The fourth-order valence-corrected chi connectivity index (χ4v) is 6.15. The molecule has 2 amide bonds. The highest BCUT2D eigenvalue weighted by Crippen LogP contribution is 2.38. The molecule has 0 unspecified atom stereocenters. The zero-order valence-electron chi connectivity index (χ0n) is 23.7. The Balaban J connectivity index is 2.15. The van der Waals surface area contributed by atoms with E-state index in [1.165, 1.54) is 29.2 Å². The van der Waals surface area contributed by atoms with Crippen molar-refractivity contribution < 1.29 is 31.2 Å². The van der Waals surface area contributed by atoms with Crippen LogP contribution in [0.2, 0.25) is 10.0 Å². The topological polar surface area (TPSA) is 86.8 Å². The summed E-state index contributed by atoms with van der Waals surface area (Å²) in [6, 6.07) is 15.0. The first-order chi connectivity index (χ1) is 20.2. The molecule has 0 aliphatic rings. The van der Waals surface area contributed by atoms with Gasteiger partial charge in [-0.3, -0.25) is 13.9 Å². The van der Waals surface area contributed by atoms with Gasteiger partial charge in [-0.1, -0.05) is 73.4 Å². The molecule has 0 aliphatic heterocycles. The van der Waals surface area contributed by atoms with E-state index in [9.17, 15) is 31.2 Å². The third-order valence-electron chi connectivity index (χ3n) is 6.84. The molecule has 3 aromatic carbocycles. The largest absolute Gasteiger partial charge is 0.417 e. The van der Waals surface area contributed by atoms with Crippen molar-refractivity contribution >= 4 is 50.7 Å². The number of nitrogens with one attached hydrogen (secondary N) is 1. The van der Waals surface area contributed by atoms with E-state index in [1.54, 1.807) is 44.2 Å². The predicted octanol–water partition coefficient (Wildman–Crippen LogP) is 6.93. The van der Waals surface area contributed by atoms with Crippen LogP contribution in [0.5, 0.6) is 0 Å². The molecule has 0 aromatic heterocycles. The zero-order chi connectivity index (χ0) is 31.9. The lowest BCUT2D eigenvalue weighted by Gasteiger charge is -2.34. The summed E-state index contributed by atoms with van der Waals surface area (Å²) in [5.74, 6) is -1.28. The molecular weight excluding hydrogens is 626 g/mol. The third-order valence-corrected chi connectivity index (χ3v) is 9.33. The van der Waals surface area contributed by atoms with Crippen molar-refractivity contribution in [3.05, 3.63) is 94.0 Å². The number of amides is 2. The number of hydrogen-bond donors (Lipinski definition) is 1. The molecule has 3 rings (SSSR count). The quantitative estimate of drug-likeness (QED) is 0.229. The number of rotatable bonds is 12. The minimum absolute atomic E-state index is 0.154. The number of anilines is 1. The number of alkyl halides is 3. The van der Waals surface area contributed by atoms with Crippen LogP contribution >= 0.6 is 23.2 Å². The van der Waals surface area contributed by atoms with Crippen molar-refractivity contribution in [3.63, 3.8) is 0 Å². The number of benzene rings is 3. The van der Waals surface area contributed by atoms with Gasteiger partial charge in [-0.2, -0.15) is 13.2 Å². The number of sulfonamides is 1. The molecule has 0 radical (unpaired) electrons. The van der Waals surface area contributed by atoms with Crippen LogP contribution in [0.3, 0.4) is 0 Å². The van der Waals surface area contributed by atoms with Crippen LogP contribution in [-0.4, -0.2) is 43.8 Å². The van der Waals surface area contributed by atoms with E-state index in [0.717, 1.165) is 12.1 Å². The Labute approximate surface area is 259 Å². The van der Waals surface area contributed by atoms with Gasteiger partial charge in [0, 0.05) is 17.6 Å². The highest BCUT2D eigenvalue weighted by molar-refractivity contribution is 7.92. The Bertz CT molecular complexity index is 1540. The average Bonchev–Trinajstić information content (AvgIpc) is 2.96. The molecule has 0 saturated carbocycles. The highest BCUT2D eigenvalue weighted by atomic mass is 35.5. The monoisotopic (exact) mass is 657 g/mol. The highest BCUT2D eigenvalue weighted by Gasteiger charge is 2.37. The Hall–Kier alpha value is -3.28. The normalized spacial score (nSPS) is 13.2. The van der Waals surface area contributed by atoms with E-state index in [-0.39, 0.29) is 23.9 Å². The number of carbonyl (C=O) groups is 2. The van der Waals surface area contributed by atoms with Gasteiger partial charge in [-0.25, -0.2) is 8.42 Å². The minimum Gasteiger partial charge on any atom is -0.352 e. The summed E-state index contributed by atoms with van der Waals surface area (Å²) >= 11 is 12.2. The molecule has 3 aromatic rings. The van der Waals surface area contributed by atoms with Crippen LogP contribution in [0.25, 0.3) is 0 Å². The van der Waals surface area contributed by atoms with Crippen molar-refractivity contribution in [3.8, 4) is 0 Å². The van der Waals surface area contributed by atoms with Gasteiger partial charge in [0.25, 0.3) is 10.0 Å². The standard InChI is InChI=1S/C30H32Cl2F3N3O4S/c1-4-20(3)36-29(40)27(5-2)37(18-21-11-9-10-14-25(21)31)28(39)19-38(43(41,42)23-12-7-6-8-13-23)22-15-16-26(32)24(17-22)30(33,34)35/h6-17,20,27H,4-5,18-19H2,1-3H3,(H,36,40)/t20-,27+/m0/s1. The lowest BCUT2D eigenvalue weighted by Crippen LogP contribution is -2.53. The van der Waals surface area contributed by atoms with Crippen molar-refractivity contribution in [1.82, 2.24) is 10.2 Å². The molecule has 232 valence electrons. The smallest absolute Gasteiger partial charge is 0.352 e. The molecule has 0 spiro atoms. The van der Waals surface area contributed by atoms with Gasteiger partial charge < -0.3 is 10.2 Å². The van der Waals surface area contributed by atoms with Crippen molar-refractivity contribution in [2.75, 3.05) is 10.8 Å². The number of nitrogens with zero attached hydrogens (tertiary/aromatic N) is 2. The number of hydrogen-bond acceptors (Lipinski definition) is 4. The van der Waals surface area contributed by atoms with E-state index >= 15 is 0 Å². The molecule has 7 nitrogen and oxygen atoms in total. The van der Waals surface area contributed by atoms with Gasteiger partial charge >= 0.3 is 6.18 Å². The first kappa shape index (κ1) is 34.2. The lowest BCUT2D eigenvalue weighted by atomic mass is 10.1. The summed E-state index contributed by atoms with van der Waals surface area (Å²) in [7, 11) is -4.57. The summed E-state index contributed by atoms with van der Waals surface area (Å²) in [5.41, 5.74) is -1.20. The first-order valence-electron chi connectivity index (χ1n) is 13.5. The summed E-state index contributed by atoms with van der Waals surface area (Å²) in [5, 5.41) is 2.54. The van der Waals surface area contributed by atoms with E-state index in [1.807, 2.05) is 6.92 Å². The first-order valence-corrected chi connectivity index (χ1v) is 15.7. The van der Waals surface area contributed by atoms with E-state index < -0.39 is 56.9 Å². The molecular formula is C30H32Cl2F3N3O4S. The Morgan fingerprint density at radius 2 is 1.53 bits per heavy atom. The van der Waals surface area contributed by atoms with Crippen LogP contribution in [0.15, 0.2) is 77.7 Å². The van der Waals surface area contributed by atoms with E-state index in [4.69, 9.17) is 23.2 Å². The second-order valence-electron chi connectivity index (χ2n) is 9.84. The second kappa shape index (κ2) is 14.5. The van der Waals surface area contributed by atoms with Crippen LogP contribution in [0, 0.1) is 0 Å². The lowest BCUT2D eigenvalue weighted by molar-refractivity contribution is -0.140. The molecule has 0 saturated heterocycles. The molecule has 13 heteroatoms.